The van der Waals surface area contributed by atoms with Crippen LogP contribution in [0.15, 0.2) is 36.4 Å². The number of rotatable bonds is 6. The second-order valence-corrected chi connectivity index (χ2v) is 7.02. The van der Waals surface area contributed by atoms with Crippen LogP contribution in [0.25, 0.3) is 10.4 Å². The molecule has 2 aromatic rings. The van der Waals surface area contributed by atoms with Gasteiger partial charge < -0.3 is 10.1 Å². The molecule has 1 atom stereocenters. The third kappa shape index (κ3) is 4.20. The van der Waals surface area contributed by atoms with Gasteiger partial charge >= 0.3 is 5.97 Å². The first-order chi connectivity index (χ1) is 11.5. The van der Waals surface area contributed by atoms with Crippen molar-refractivity contribution in [3.05, 3.63) is 47.1 Å². The molecule has 0 saturated heterocycles. The quantitative estimate of drug-likeness (QED) is 0.812. The molecule has 0 bridgehead atoms. The molecular formula is C18H18FNO3S. The largest absolute Gasteiger partial charge is 0.451 e. The highest BCUT2D eigenvalue weighted by Crippen LogP contribution is 2.32. The highest BCUT2D eigenvalue weighted by molar-refractivity contribution is 7.17. The molecule has 3 rings (SSSR count). The van der Waals surface area contributed by atoms with E-state index in [2.05, 4.69) is 5.32 Å². The lowest BCUT2D eigenvalue weighted by Gasteiger charge is -2.12. The molecule has 1 fully saturated rings. The fraction of sp³-hybridized carbons (Fsp3) is 0.333. The summed E-state index contributed by atoms with van der Waals surface area (Å²) >= 11 is 1.25. The number of hydrogen-bond acceptors (Lipinski definition) is 4. The van der Waals surface area contributed by atoms with Crippen LogP contribution in [0, 0.1) is 11.7 Å². The Morgan fingerprint density at radius 1 is 1.25 bits per heavy atom. The highest BCUT2D eigenvalue weighted by atomic mass is 32.1. The number of halogens is 1. The number of carbonyl (C=O) groups excluding carboxylic acids is 2. The molecule has 0 spiro atoms. The summed E-state index contributed by atoms with van der Waals surface area (Å²) in [6, 6.07) is 9.62. The Morgan fingerprint density at radius 3 is 2.62 bits per heavy atom. The third-order valence-electron chi connectivity index (χ3n) is 3.99. The van der Waals surface area contributed by atoms with Gasteiger partial charge in [-0.1, -0.05) is 12.1 Å². The number of hydrogen-bond donors (Lipinski definition) is 1. The van der Waals surface area contributed by atoms with Crippen molar-refractivity contribution >= 4 is 23.2 Å². The number of thiophene rings is 1. The zero-order valence-corrected chi connectivity index (χ0v) is 14.1. The molecular weight excluding hydrogens is 329 g/mol. The SMILES string of the molecule is C[C@@H](NC(=O)COC(=O)c1ccc(-c2ccc(F)cc2)s1)C1CC1. The summed E-state index contributed by atoms with van der Waals surface area (Å²) in [6.45, 7) is 1.69. The summed E-state index contributed by atoms with van der Waals surface area (Å²) in [7, 11) is 0. The van der Waals surface area contributed by atoms with Gasteiger partial charge in [-0.05, 0) is 55.5 Å². The Hall–Kier alpha value is -2.21. The summed E-state index contributed by atoms with van der Waals surface area (Å²) in [5.41, 5.74) is 0.830. The Bertz CT molecular complexity index is 737. The Balaban J connectivity index is 1.53. The Morgan fingerprint density at radius 2 is 1.96 bits per heavy atom. The van der Waals surface area contributed by atoms with E-state index in [4.69, 9.17) is 4.74 Å². The van der Waals surface area contributed by atoms with Gasteiger partial charge in [-0.2, -0.15) is 0 Å². The first-order valence-corrected chi connectivity index (χ1v) is 8.67. The summed E-state index contributed by atoms with van der Waals surface area (Å²) in [5, 5.41) is 2.84. The van der Waals surface area contributed by atoms with E-state index in [0.29, 0.717) is 10.8 Å². The van der Waals surface area contributed by atoms with Crippen molar-refractivity contribution in [2.75, 3.05) is 6.61 Å². The van der Waals surface area contributed by atoms with Crippen molar-refractivity contribution < 1.29 is 18.7 Å². The van der Waals surface area contributed by atoms with Crippen LogP contribution >= 0.6 is 11.3 Å². The van der Waals surface area contributed by atoms with E-state index in [1.165, 1.54) is 23.5 Å². The predicted molar refractivity (Wildman–Crippen MR) is 90.3 cm³/mol. The van der Waals surface area contributed by atoms with Gasteiger partial charge in [0.15, 0.2) is 6.61 Å². The van der Waals surface area contributed by atoms with E-state index in [9.17, 15) is 14.0 Å². The van der Waals surface area contributed by atoms with Gasteiger partial charge in [0.1, 0.15) is 10.7 Å². The molecule has 126 valence electrons. The van der Waals surface area contributed by atoms with Crippen LogP contribution in [0.4, 0.5) is 4.39 Å². The standard InChI is InChI=1S/C18H18FNO3S/c1-11(12-2-3-12)20-17(21)10-23-18(22)16-9-8-15(24-16)13-4-6-14(19)7-5-13/h4-9,11-12H,2-3,10H2,1H3,(H,20,21)/t11-/m1/s1. The second kappa shape index (κ2) is 7.13. The normalized spacial score (nSPS) is 14.9. The zero-order chi connectivity index (χ0) is 17.1. The smallest absolute Gasteiger partial charge is 0.348 e. The van der Waals surface area contributed by atoms with Crippen molar-refractivity contribution in [3.8, 4) is 10.4 Å². The van der Waals surface area contributed by atoms with Crippen molar-refractivity contribution in [3.63, 3.8) is 0 Å². The molecule has 0 radical (unpaired) electrons. The summed E-state index contributed by atoms with van der Waals surface area (Å²) in [4.78, 5) is 25.0. The molecule has 1 heterocycles. The first kappa shape index (κ1) is 16.6. The highest BCUT2D eigenvalue weighted by Gasteiger charge is 2.29. The minimum atomic E-state index is -0.525. The van der Waals surface area contributed by atoms with Gasteiger partial charge in [-0.25, -0.2) is 9.18 Å². The molecule has 24 heavy (non-hydrogen) atoms. The molecule has 0 aliphatic heterocycles. The summed E-state index contributed by atoms with van der Waals surface area (Å²) in [6.07, 6.45) is 2.28. The number of carbonyl (C=O) groups is 2. The molecule has 1 aliphatic rings. The fourth-order valence-corrected chi connectivity index (χ4v) is 3.33. The lowest BCUT2D eigenvalue weighted by atomic mass is 10.2. The van der Waals surface area contributed by atoms with Crippen molar-refractivity contribution in [2.24, 2.45) is 5.92 Å². The zero-order valence-electron chi connectivity index (χ0n) is 13.3. The molecule has 1 saturated carbocycles. The van der Waals surface area contributed by atoms with Gasteiger partial charge in [0, 0.05) is 10.9 Å². The van der Waals surface area contributed by atoms with Gasteiger partial charge in [0.25, 0.3) is 5.91 Å². The van der Waals surface area contributed by atoms with E-state index in [0.717, 1.165) is 23.3 Å². The number of ether oxygens (including phenoxy) is 1. The van der Waals surface area contributed by atoms with E-state index in [1.54, 1.807) is 24.3 Å². The van der Waals surface area contributed by atoms with Crippen molar-refractivity contribution in [1.82, 2.24) is 5.32 Å². The van der Waals surface area contributed by atoms with Crippen LogP contribution < -0.4 is 5.32 Å². The minimum Gasteiger partial charge on any atom is -0.451 e. The fourth-order valence-electron chi connectivity index (χ4n) is 2.43. The summed E-state index contributed by atoms with van der Waals surface area (Å²) in [5.74, 6) is -0.553. The minimum absolute atomic E-state index is 0.128. The monoisotopic (exact) mass is 347 g/mol. The number of amides is 1. The predicted octanol–water partition coefficient (Wildman–Crippen LogP) is 3.63. The second-order valence-electron chi connectivity index (χ2n) is 5.94. The summed E-state index contributed by atoms with van der Waals surface area (Å²) < 4.78 is 18.0. The van der Waals surface area contributed by atoms with Crippen LogP contribution in [0.1, 0.15) is 29.4 Å². The average Bonchev–Trinajstić information content (AvgIpc) is 3.31. The van der Waals surface area contributed by atoms with Crippen LogP contribution in [0.5, 0.6) is 0 Å². The lowest BCUT2D eigenvalue weighted by molar-refractivity contribution is -0.124. The number of benzene rings is 1. The molecule has 1 N–H and O–H groups in total. The molecule has 1 aliphatic carbocycles. The maximum absolute atomic E-state index is 12.9. The average molecular weight is 347 g/mol. The van der Waals surface area contributed by atoms with Crippen LogP contribution in [-0.2, 0) is 9.53 Å². The molecule has 0 unspecified atom stereocenters. The molecule has 1 amide bonds. The van der Waals surface area contributed by atoms with Gasteiger partial charge in [0.2, 0.25) is 0 Å². The van der Waals surface area contributed by atoms with Crippen LogP contribution in [-0.4, -0.2) is 24.5 Å². The van der Waals surface area contributed by atoms with E-state index in [-0.39, 0.29) is 24.4 Å². The molecule has 1 aromatic heterocycles. The van der Waals surface area contributed by atoms with Crippen LogP contribution in [0.2, 0.25) is 0 Å². The molecule has 1 aromatic carbocycles. The first-order valence-electron chi connectivity index (χ1n) is 7.85. The van der Waals surface area contributed by atoms with E-state index < -0.39 is 5.97 Å². The van der Waals surface area contributed by atoms with Crippen molar-refractivity contribution in [2.45, 2.75) is 25.8 Å². The van der Waals surface area contributed by atoms with Gasteiger partial charge in [-0.15, -0.1) is 11.3 Å². The van der Waals surface area contributed by atoms with Gasteiger partial charge in [0.05, 0.1) is 0 Å². The number of esters is 1. The topological polar surface area (TPSA) is 55.4 Å². The lowest BCUT2D eigenvalue weighted by Crippen LogP contribution is -2.37. The Kier molecular flexibility index (Phi) is 4.94. The maximum atomic E-state index is 12.9. The maximum Gasteiger partial charge on any atom is 0.348 e. The molecule has 6 heteroatoms. The van der Waals surface area contributed by atoms with E-state index in [1.807, 2.05) is 6.92 Å². The molecule has 4 nitrogen and oxygen atoms in total. The Labute approximate surface area is 143 Å². The van der Waals surface area contributed by atoms with E-state index >= 15 is 0 Å². The third-order valence-corrected chi connectivity index (χ3v) is 5.10. The van der Waals surface area contributed by atoms with Gasteiger partial charge in [-0.3, -0.25) is 4.79 Å². The van der Waals surface area contributed by atoms with Crippen molar-refractivity contribution in [1.29, 1.82) is 0 Å². The van der Waals surface area contributed by atoms with Crippen LogP contribution in [0.3, 0.4) is 0 Å². The number of nitrogens with one attached hydrogen (secondary N) is 1.